The van der Waals surface area contributed by atoms with Crippen molar-refractivity contribution in [2.24, 2.45) is 18.4 Å². The summed E-state index contributed by atoms with van der Waals surface area (Å²) < 4.78 is 81.9. The Balaban J connectivity index is 1.39. The molecule has 2 N–H and O–H groups in total. The van der Waals surface area contributed by atoms with Gasteiger partial charge in [-0.1, -0.05) is 12.0 Å². The molecule has 5 aromatic rings. The lowest BCUT2D eigenvalue weighted by atomic mass is 9.91. The fraction of sp³-hybridized carbons (Fsp3) is 0.417. The number of phenolic OH excluding ortho intramolecular Hbond substituents is 1. The van der Waals surface area contributed by atoms with Gasteiger partial charge in [-0.2, -0.15) is 28.2 Å². The van der Waals surface area contributed by atoms with Crippen molar-refractivity contribution in [2.75, 3.05) is 45.2 Å². The van der Waals surface area contributed by atoms with E-state index >= 15 is 8.78 Å². The Kier molecular flexibility index (Phi) is 7.40. The van der Waals surface area contributed by atoms with E-state index in [0.29, 0.717) is 35.1 Å². The molecule has 260 valence electrons. The average Bonchev–Trinajstić information content (AvgIpc) is 3.56. The molecule has 4 heterocycles. The third-order valence-electron chi connectivity index (χ3n) is 10.4. The number of hydrogen-bond acceptors (Lipinski definition) is 8. The van der Waals surface area contributed by atoms with Gasteiger partial charge in [0.05, 0.1) is 23.5 Å². The van der Waals surface area contributed by atoms with E-state index in [2.05, 4.69) is 26.2 Å². The van der Waals surface area contributed by atoms with E-state index in [-0.39, 0.29) is 76.5 Å². The van der Waals surface area contributed by atoms with Crippen LogP contribution in [-0.4, -0.2) is 88.4 Å². The minimum atomic E-state index is -4.40. The van der Waals surface area contributed by atoms with Crippen LogP contribution in [0.4, 0.5) is 27.8 Å². The lowest BCUT2D eigenvalue weighted by Gasteiger charge is -2.37. The maximum Gasteiger partial charge on any atom is 0.392 e. The Morgan fingerprint density at radius 3 is 2.50 bits per heavy atom. The van der Waals surface area contributed by atoms with E-state index in [1.54, 1.807) is 32.2 Å². The number of halogens is 5. The van der Waals surface area contributed by atoms with Gasteiger partial charge < -0.3 is 25.0 Å². The summed E-state index contributed by atoms with van der Waals surface area (Å²) in [5, 5.41) is 20.3. The van der Waals surface area contributed by atoms with Crippen LogP contribution in [0, 0.1) is 35.3 Å². The van der Waals surface area contributed by atoms with Crippen LogP contribution in [0.15, 0.2) is 30.5 Å². The lowest BCUT2D eigenvalue weighted by Crippen LogP contribution is -2.52. The molecule has 3 fully saturated rings. The van der Waals surface area contributed by atoms with Crippen LogP contribution in [-0.2, 0) is 7.05 Å². The molecule has 8 rings (SSSR count). The zero-order chi connectivity index (χ0) is 35.3. The molecule has 3 aliphatic rings. The van der Waals surface area contributed by atoms with Crippen LogP contribution in [0.1, 0.15) is 24.8 Å². The SMILES string of the molecule is C#Cc1c(F)ccc2cc(O)cc(-c3c(F)c4nc(OC[C@]5(CN(C)C)C[C@@H]5C(F)(F)F)nc(N5[C@@H]6CC[C@H]5CNC6)c4c4cn(C)nc34)c12. The van der Waals surface area contributed by atoms with Gasteiger partial charge in [0, 0.05) is 66.7 Å². The van der Waals surface area contributed by atoms with Gasteiger partial charge in [0.1, 0.15) is 28.4 Å². The van der Waals surface area contributed by atoms with Crippen molar-refractivity contribution in [3.63, 3.8) is 0 Å². The highest BCUT2D eigenvalue weighted by atomic mass is 19.4. The Hall–Kier alpha value is -4.74. The average molecular weight is 692 g/mol. The van der Waals surface area contributed by atoms with Crippen LogP contribution in [0.5, 0.6) is 11.8 Å². The highest BCUT2D eigenvalue weighted by molar-refractivity contribution is 6.18. The zero-order valence-electron chi connectivity index (χ0n) is 27.6. The maximum atomic E-state index is 17.5. The number of alkyl halides is 3. The molecular formula is C36H34F5N7O2. The molecule has 9 nitrogen and oxygen atoms in total. The molecule has 0 amide bonds. The first-order valence-corrected chi connectivity index (χ1v) is 16.4. The molecule has 14 heteroatoms. The van der Waals surface area contributed by atoms with E-state index in [0.717, 1.165) is 12.8 Å². The molecule has 2 aliphatic heterocycles. The van der Waals surface area contributed by atoms with Gasteiger partial charge in [-0.3, -0.25) is 4.68 Å². The molecule has 4 atom stereocenters. The third kappa shape index (κ3) is 5.09. The first-order chi connectivity index (χ1) is 23.8. The van der Waals surface area contributed by atoms with E-state index in [1.165, 1.54) is 28.9 Å². The number of aromatic nitrogens is 4. The molecular weight excluding hydrogens is 657 g/mol. The van der Waals surface area contributed by atoms with Crippen LogP contribution in [0.2, 0.25) is 0 Å². The molecule has 0 spiro atoms. The monoisotopic (exact) mass is 691 g/mol. The van der Waals surface area contributed by atoms with Gasteiger partial charge in [-0.05, 0) is 62.5 Å². The number of hydrogen-bond donors (Lipinski definition) is 2. The Morgan fingerprint density at radius 1 is 1.10 bits per heavy atom. The van der Waals surface area contributed by atoms with Gasteiger partial charge in [-0.25, -0.2) is 8.78 Å². The number of aryl methyl sites for hydroxylation is 1. The summed E-state index contributed by atoms with van der Waals surface area (Å²) in [6.07, 6.45) is 4.70. The van der Waals surface area contributed by atoms with Crippen LogP contribution in [0.25, 0.3) is 43.7 Å². The van der Waals surface area contributed by atoms with Crippen molar-refractivity contribution in [1.29, 1.82) is 0 Å². The second-order valence-electron chi connectivity index (χ2n) is 14.1. The Labute approximate surface area is 284 Å². The topological polar surface area (TPSA) is 91.6 Å². The number of anilines is 1. The number of nitrogens with zero attached hydrogens (tertiary/aromatic N) is 6. The quantitative estimate of drug-likeness (QED) is 0.165. The van der Waals surface area contributed by atoms with Crippen molar-refractivity contribution in [2.45, 2.75) is 37.5 Å². The number of phenols is 1. The molecule has 3 aromatic carbocycles. The number of aromatic hydroxyl groups is 1. The van der Waals surface area contributed by atoms with Gasteiger partial charge in [0.15, 0.2) is 5.82 Å². The number of nitrogens with one attached hydrogen (secondary N) is 1. The summed E-state index contributed by atoms with van der Waals surface area (Å²) in [6.45, 7) is 1.15. The first-order valence-electron chi connectivity index (χ1n) is 16.4. The Morgan fingerprint density at radius 2 is 1.84 bits per heavy atom. The number of piperazine rings is 1. The van der Waals surface area contributed by atoms with E-state index in [9.17, 15) is 18.3 Å². The van der Waals surface area contributed by atoms with E-state index in [4.69, 9.17) is 16.1 Å². The predicted molar refractivity (Wildman–Crippen MR) is 179 cm³/mol. The molecule has 1 saturated carbocycles. The molecule has 2 aromatic heterocycles. The van der Waals surface area contributed by atoms with Crippen molar-refractivity contribution in [3.8, 4) is 35.2 Å². The normalized spacial score (nSPS) is 23.4. The highest BCUT2D eigenvalue weighted by Crippen LogP contribution is 2.60. The maximum absolute atomic E-state index is 17.5. The number of ether oxygens (including phenoxy) is 1. The van der Waals surface area contributed by atoms with Crippen molar-refractivity contribution in [1.82, 2.24) is 30.0 Å². The molecule has 0 unspecified atom stereocenters. The smallest absolute Gasteiger partial charge is 0.392 e. The summed E-state index contributed by atoms with van der Waals surface area (Å²) in [4.78, 5) is 13.2. The molecule has 50 heavy (non-hydrogen) atoms. The summed E-state index contributed by atoms with van der Waals surface area (Å²) in [5.74, 6) is -0.510. The standard InChI is InChI=1S/C36H34F5N7O2/c1-5-22-25(37)9-6-18-10-21(49)11-23(27(18)22)28-30(38)32-29(24-15-47(4)45-31(24)28)33(48-19-7-8-20(48)14-42-13-19)44-34(43-32)50-17-35(16-46(2)3)12-26(35)36(39,40)41/h1,6,9-11,15,19-20,26,42,49H,7-8,12-14,16-17H2,2-4H3/t19-,20+,26-,35+/m0/s1. The summed E-state index contributed by atoms with van der Waals surface area (Å²) in [7, 11) is 5.10. The number of benzene rings is 3. The largest absolute Gasteiger partial charge is 0.508 e. The molecule has 2 saturated heterocycles. The fourth-order valence-corrected chi connectivity index (χ4v) is 8.33. The van der Waals surface area contributed by atoms with Crippen molar-refractivity contribution < 1.29 is 31.8 Å². The molecule has 2 bridgehead atoms. The van der Waals surface area contributed by atoms with Gasteiger partial charge in [0.2, 0.25) is 0 Å². The van der Waals surface area contributed by atoms with Crippen molar-refractivity contribution in [3.05, 3.63) is 47.7 Å². The van der Waals surface area contributed by atoms with Gasteiger partial charge in [-0.15, -0.1) is 6.42 Å². The minimum absolute atomic E-state index is 0.0310. The minimum Gasteiger partial charge on any atom is -0.508 e. The van der Waals surface area contributed by atoms with Gasteiger partial charge in [0.25, 0.3) is 0 Å². The first kappa shape index (κ1) is 32.5. The van der Waals surface area contributed by atoms with Crippen LogP contribution >= 0.6 is 0 Å². The Bertz CT molecular complexity index is 2230. The third-order valence-corrected chi connectivity index (χ3v) is 10.4. The van der Waals surface area contributed by atoms with Crippen LogP contribution in [0.3, 0.4) is 0 Å². The van der Waals surface area contributed by atoms with Gasteiger partial charge >= 0.3 is 12.2 Å². The zero-order valence-corrected chi connectivity index (χ0v) is 27.6. The van der Waals surface area contributed by atoms with E-state index in [1.807, 2.05) is 0 Å². The molecule has 0 radical (unpaired) electrons. The number of fused-ring (bicyclic) bond motifs is 6. The number of terminal acetylenes is 1. The van der Waals surface area contributed by atoms with Crippen LogP contribution < -0.4 is 15.0 Å². The number of rotatable bonds is 7. The molecule has 1 aliphatic carbocycles. The lowest BCUT2D eigenvalue weighted by molar-refractivity contribution is -0.158. The van der Waals surface area contributed by atoms with E-state index < -0.39 is 29.1 Å². The fourth-order valence-electron chi connectivity index (χ4n) is 8.33. The van der Waals surface area contributed by atoms with Crippen molar-refractivity contribution >= 4 is 38.4 Å². The summed E-state index contributed by atoms with van der Waals surface area (Å²) in [5.41, 5.74) is -1.20. The highest BCUT2D eigenvalue weighted by Gasteiger charge is 2.67. The second-order valence-corrected chi connectivity index (χ2v) is 14.1. The summed E-state index contributed by atoms with van der Waals surface area (Å²) >= 11 is 0. The summed E-state index contributed by atoms with van der Waals surface area (Å²) in [6, 6.07) is 5.17. The predicted octanol–water partition coefficient (Wildman–Crippen LogP) is 5.75. The second kappa shape index (κ2) is 11.4.